The van der Waals surface area contributed by atoms with Crippen LogP contribution in [0.3, 0.4) is 0 Å². The molecule has 0 spiro atoms. The van der Waals surface area contributed by atoms with Crippen LogP contribution < -0.4 is 10.6 Å². The van der Waals surface area contributed by atoms with Crippen molar-refractivity contribution in [2.24, 2.45) is 0 Å². The third-order valence-corrected chi connectivity index (χ3v) is 4.02. The van der Waals surface area contributed by atoms with Gasteiger partial charge in [0.1, 0.15) is 0 Å². The van der Waals surface area contributed by atoms with Crippen LogP contribution >= 0.6 is 0 Å². The number of rotatable bonds is 4. The third-order valence-electron chi connectivity index (χ3n) is 4.02. The van der Waals surface area contributed by atoms with Crippen molar-refractivity contribution in [3.05, 3.63) is 64.7 Å². The highest BCUT2D eigenvalue weighted by Crippen LogP contribution is 2.23. The molecule has 0 radical (unpaired) electrons. The molecule has 1 aliphatic heterocycles. The zero-order valence-electron chi connectivity index (χ0n) is 13.1. The first kappa shape index (κ1) is 15.8. The molecule has 2 amide bonds. The zero-order valence-corrected chi connectivity index (χ0v) is 13.1. The summed E-state index contributed by atoms with van der Waals surface area (Å²) in [4.78, 5) is 23.5. The average Bonchev–Trinajstić information content (AvgIpc) is 2.61. The monoisotopic (exact) mass is 319 g/mol. The Bertz CT molecular complexity index is 837. The van der Waals surface area contributed by atoms with Gasteiger partial charge in [0, 0.05) is 24.2 Å². The first-order chi connectivity index (χ1) is 11.7. The number of hydrogen-bond acceptors (Lipinski definition) is 3. The van der Waals surface area contributed by atoms with Gasteiger partial charge in [-0.1, -0.05) is 18.2 Å². The molecule has 0 bridgehead atoms. The first-order valence-corrected chi connectivity index (χ1v) is 7.86. The standard InChI is InChI=1S/C19H17N3O2/c20-12-14-2-1-3-16(11-14)19(24)21-9-8-13-4-6-17-15(10-13)5-7-18(23)22-17/h1-4,6,10-11H,5,7-9H2,(H,21,24)(H,22,23). The van der Waals surface area contributed by atoms with Gasteiger partial charge in [0.15, 0.2) is 0 Å². The van der Waals surface area contributed by atoms with E-state index in [0.717, 1.165) is 23.2 Å². The van der Waals surface area contributed by atoms with Crippen molar-refractivity contribution in [2.75, 3.05) is 11.9 Å². The zero-order chi connectivity index (χ0) is 16.9. The molecule has 0 aromatic heterocycles. The van der Waals surface area contributed by atoms with E-state index in [1.807, 2.05) is 18.2 Å². The molecule has 24 heavy (non-hydrogen) atoms. The fourth-order valence-electron chi connectivity index (χ4n) is 2.74. The summed E-state index contributed by atoms with van der Waals surface area (Å²) in [5, 5.41) is 14.6. The fourth-order valence-corrected chi connectivity index (χ4v) is 2.74. The summed E-state index contributed by atoms with van der Waals surface area (Å²) in [6, 6.07) is 14.6. The van der Waals surface area contributed by atoms with Crippen LogP contribution in [0.15, 0.2) is 42.5 Å². The number of anilines is 1. The van der Waals surface area contributed by atoms with Crippen LogP contribution in [0.2, 0.25) is 0 Å². The molecule has 0 aliphatic carbocycles. The summed E-state index contributed by atoms with van der Waals surface area (Å²) in [6.45, 7) is 0.515. The quantitative estimate of drug-likeness (QED) is 0.908. The van der Waals surface area contributed by atoms with Gasteiger partial charge in [-0.3, -0.25) is 9.59 Å². The topological polar surface area (TPSA) is 82.0 Å². The summed E-state index contributed by atoms with van der Waals surface area (Å²) < 4.78 is 0. The first-order valence-electron chi connectivity index (χ1n) is 7.86. The molecule has 0 fully saturated rings. The molecule has 0 atom stereocenters. The van der Waals surface area contributed by atoms with Crippen LogP contribution in [0.4, 0.5) is 5.69 Å². The van der Waals surface area contributed by atoms with Gasteiger partial charge in [0.2, 0.25) is 5.91 Å². The lowest BCUT2D eigenvalue weighted by atomic mass is 9.99. The number of carbonyl (C=O) groups excluding carboxylic acids is 2. The highest BCUT2D eigenvalue weighted by Gasteiger charge is 2.14. The van der Waals surface area contributed by atoms with Crippen LogP contribution in [0, 0.1) is 11.3 Å². The Morgan fingerprint density at radius 1 is 1.21 bits per heavy atom. The molecule has 0 saturated carbocycles. The number of fused-ring (bicyclic) bond motifs is 1. The van der Waals surface area contributed by atoms with E-state index in [-0.39, 0.29) is 11.8 Å². The SMILES string of the molecule is N#Cc1cccc(C(=O)NCCc2ccc3c(c2)CCC(=O)N3)c1. The summed E-state index contributed by atoms with van der Waals surface area (Å²) in [6.07, 6.45) is 1.98. The molecule has 120 valence electrons. The number of carbonyl (C=O) groups is 2. The molecule has 2 aromatic rings. The molecule has 2 N–H and O–H groups in total. The Morgan fingerprint density at radius 3 is 2.92 bits per heavy atom. The molecule has 1 aliphatic rings. The fraction of sp³-hybridized carbons (Fsp3) is 0.211. The second-order valence-corrected chi connectivity index (χ2v) is 5.74. The van der Waals surface area contributed by atoms with Crippen LogP contribution in [0.5, 0.6) is 0 Å². The van der Waals surface area contributed by atoms with E-state index in [9.17, 15) is 9.59 Å². The van der Waals surface area contributed by atoms with Gasteiger partial charge < -0.3 is 10.6 Å². The minimum Gasteiger partial charge on any atom is -0.352 e. The largest absolute Gasteiger partial charge is 0.352 e. The number of hydrogen-bond donors (Lipinski definition) is 2. The lowest BCUT2D eigenvalue weighted by Crippen LogP contribution is -2.26. The van der Waals surface area contributed by atoms with Crippen molar-refractivity contribution in [3.8, 4) is 6.07 Å². The summed E-state index contributed by atoms with van der Waals surface area (Å²) in [7, 11) is 0. The molecule has 2 aromatic carbocycles. The highest BCUT2D eigenvalue weighted by atomic mass is 16.2. The predicted octanol–water partition coefficient (Wildman–Crippen LogP) is 2.42. The number of amides is 2. The van der Waals surface area contributed by atoms with Gasteiger partial charge in [-0.15, -0.1) is 0 Å². The Labute approximate surface area is 140 Å². The van der Waals surface area contributed by atoms with E-state index < -0.39 is 0 Å². The molecule has 0 unspecified atom stereocenters. The van der Waals surface area contributed by atoms with Crippen molar-refractivity contribution in [3.63, 3.8) is 0 Å². The van der Waals surface area contributed by atoms with Gasteiger partial charge in [-0.05, 0) is 48.2 Å². The van der Waals surface area contributed by atoms with Gasteiger partial charge >= 0.3 is 0 Å². The van der Waals surface area contributed by atoms with Crippen LogP contribution in [-0.2, 0) is 17.6 Å². The number of benzene rings is 2. The third kappa shape index (κ3) is 3.61. The summed E-state index contributed by atoms with van der Waals surface area (Å²) in [5.74, 6) is -0.126. The van der Waals surface area contributed by atoms with E-state index in [4.69, 9.17) is 5.26 Å². The lowest BCUT2D eigenvalue weighted by molar-refractivity contribution is -0.116. The molecular weight excluding hydrogens is 302 g/mol. The van der Waals surface area contributed by atoms with Gasteiger partial charge in [-0.25, -0.2) is 0 Å². The number of nitriles is 1. The summed E-state index contributed by atoms with van der Waals surface area (Å²) >= 11 is 0. The van der Waals surface area contributed by atoms with Gasteiger partial charge in [0.25, 0.3) is 5.91 Å². The Balaban J connectivity index is 1.57. The van der Waals surface area contributed by atoms with Crippen molar-refractivity contribution >= 4 is 17.5 Å². The number of nitrogens with zero attached hydrogens (tertiary/aromatic N) is 1. The Hall–Kier alpha value is -3.13. The molecule has 1 heterocycles. The Kier molecular flexibility index (Phi) is 4.57. The summed E-state index contributed by atoms with van der Waals surface area (Å²) in [5.41, 5.74) is 4.10. The highest BCUT2D eigenvalue weighted by molar-refractivity contribution is 5.94. The minimum atomic E-state index is -0.183. The van der Waals surface area contributed by atoms with Crippen molar-refractivity contribution in [1.82, 2.24) is 5.32 Å². The maximum Gasteiger partial charge on any atom is 0.251 e. The smallest absolute Gasteiger partial charge is 0.251 e. The van der Waals surface area contributed by atoms with Crippen molar-refractivity contribution < 1.29 is 9.59 Å². The van der Waals surface area contributed by atoms with E-state index in [1.165, 1.54) is 0 Å². The maximum absolute atomic E-state index is 12.1. The van der Waals surface area contributed by atoms with E-state index >= 15 is 0 Å². The van der Waals surface area contributed by atoms with E-state index in [0.29, 0.717) is 30.5 Å². The molecule has 5 nitrogen and oxygen atoms in total. The predicted molar refractivity (Wildman–Crippen MR) is 90.6 cm³/mol. The van der Waals surface area contributed by atoms with Gasteiger partial charge in [0.05, 0.1) is 11.6 Å². The molecular formula is C19H17N3O2. The van der Waals surface area contributed by atoms with E-state index in [2.05, 4.69) is 16.7 Å². The maximum atomic E-state index is 12.1. The van der Waals surface area contributed by atoms with E-state index in [1.54, 1.807) is 24.3 Å². The molecule has 5 heteroatoms. The van der Waals surface area contributed by atoms with Crippen LogP contribution in [-0.4, -0.2) is 18.4 Å². The number of nitrogens with one attached hydrogen (secondary N) is 2. The average molecular weight is 319 g/mol. The molecule has 3 rings (SSSR count). The normalized spacial score (nSPS) is 12.7. The lowest BCUT2D eigenvalue weighted by Gasteiger charge is -2.17. The minimum absolute atomic E-state index is 0.0575. The second kappa shape index (κ2) is 6.97. The Morgan fingerprint density at radius 2 is 2.08 bits per heavy atom. The van der Waals surface area contributed by atoms with Crippen molar-refractivity contribution in [1.29, 1.82) is 5.26 Å². The van der Waals surface area contributed by atoms with Crippen molar-refractivity contribution in [2.45, 2.75) is 19.3 Å². The van der Waals surface area contributed by atoms with Gasteiger partial charge in [-0.2, -0.15) is 5.26 Å². The van der Waals surface area contributed by atoms with Crippen LogP contribution in [0.1, 0.15) is 33.5 Å². The second-order valence-electron chi connectivity index (χ2n) is 5.74. The number of aryl methyl sites for hydroxylation is 1. The van der Waals surface area contributed by atoms with Crippen LogP contribution in [0.25, 0.3) is 0 Å². The molecule has 0 saturated heterocycles.